The zero-order valence-corrected chi connectivity index (χ0v) is 17.2. The van der Waals surface area contributed by atoms with E-state index in [9.17, 15) is 14.7 Å². The van der Waals surface area contributed by atoms with Crippen molar-refractivity contribution >= 4 is 23.3 Å². The molecule has 1 amide bonds. The van der Waals surface area contributed by atoms with E-state index in [-0.39, 0.29) is 11.5 Å². The van der Waals surface area contributed by atoms with E-state index in [1.54, 1.807) is 43.5 Å². The van der Waals surface area contributed by atoms with E-state index < -0.39 is 5.97 Å². The molecule has 1 aliphatic rings. The molecule has 2 N–H and O–H groups in total. The Morgan fingerprint density at radius 3 is 2.45 bits per heavy atom. The van der Waals surface area contributed by atoms with E-state index in [1.165, 1.54) is 11.6 Å². The molecule has 31 heavy (non-hydrogen) atoms. The number of nitrogens with one attached hydrogen (secondary N) is 1. The first-order chi connectivity index (χ1) is 15.0. The van der Waals surface area contributed by atoms with Crippen LogP contribution >= 0.6 is 0 Å². The maximum atomic E-state index is 12.5. The van der Waals surface area contributed by atoms with Gasteiger partial charge in [0.05, 0.1) is 18.4 Å². The molecule has 0 radical (unpaired) electrons. The number of carbonyl (C=O) groups excluding carboxylic acids is 1. The summed E-state index contributed by atoms with van der Waals surface area (Å²) in [5.41, 5.74) is 3.03. The fourth-order valence-corrected chi connectivity index (χ4v) is 3.98. The van der Waals surface area contributed by atoms with E-state index in [4.69, 9.17) is 4.74 Å². The predicted molar refractivity (Wildman–Crippen MR) is 120 cm³/mol. The lowest BCUT2D eigenvalue weighted by atomic mass is 9.99. The minimum absolute atomic E-state index is 0.182. The summed E-state index contributed by atoms with van der Waals surface area (Å²) >= 11 is 0. The zero-order chi connectivity index (χ0) is 21.8. The Bertz CT molecular complexity index is 1080. The molecule has 6 heteroatoms. The lowest BCUT2D eigenvalue weighted by molar-refractivity contribution is 0.0697. The Labute approximate surface area is 181 Å². The molecule has 1 heterocycles. The molecular weight excluding hydrogens is 392 g/mol. The summed E-state index contributed by atoms with van der Waals surface area (Å²) in [6, 6.07) is 22.1. The molecule has 1 atom stereocenters. The standard InChI is InChI=1S/C25H24N2O4/c1-31-21-10-7-18(8-11-21)24(28)26-20-9-12-23(22(15-20)25(29)30)27-14-13-19(16-27)17-5-3-2-4-6-17/h2-12,15,19H,13-14,16H2,1H3,(H,26,28)(H,29,30)/t19-/m1/s1. The van der Waals surface area contributed by atoms with Gasteiger partial charge in [-0.2, -0.15) is 0 Å². The molecule has 3 aromatic carbocycles. The first-order valence-corrected chi connectivity index (χ1v) is 10.2. The molecule has 0 bridgehead atoms. The van der Waals surface area contributed by atoms with Gasteiger partial charge in [-0.25, -0.2) is 4.79 Å². The Hall–Kier alpha value is -3.80. The number of nitrogens with zero attached hydrogens (tertiary/aromatic N) is 1. The molecule has 1 saturated heterocycles. The molecule has 3 aromatic rings. The van der Waals surface area contributed by atoms with Crippen molar-refractivity contribution in [1.82, 2.24) is 0 Å². The largest absolute Gasteiger partial charge is 0.497 e. The molecule has 0 unspecified atom stereocenters. The summed E-state index contributed by atoms with van der Waals surface area (Å²) in [7, 11) is 1.56. The van der Waals surface area contributed by atoms with Crippen molar-refractivity contribution < 1.29 is 19.4 Å². The first kappa shape index (κ1) is 20.5. The third-order valence-electron chi connectivity index (χ3n) is 5.64. The summed E-state index contributed by atoms with van der Waals surface area (Å²) in [5.74, 6) is -0.290. The first-order valence-electron chi connectivity index (χ1n) is 10.2. The van der Waals surface area contributed by atoms with Crippen LogP contribution in [0.15, 0.2) is 72.8 Å². The van der Waals surface area contributed by atoms with Gasteiger partial charge in [-0.1, -0.05) is 30.3 Å². The van der Waals surface area contributed by atoms with Gasteiger partial charge in [-0.3, -0.25) is 4.79 Å². The van der Waals surface area contributed by atoms with Crippen LogP contribution in [0.1, 0.15) is 38.6 Å². The smallest absolute Gasteiger partial charge is 0.337 e. The fraction of sp³-hybridized carbons (Fsp3) is 0.200. The zero-order valence-electron chi connectivity index (χ0n) is 17.2. The van der Waals surface area contributed by atoms with Crippen LogP contribution in [-0.4, -0.2) is 37.2 Å². The minimum Gasteiger partial charge on any atom is -0.497 e. The summed E-state index contributed by atoms with van der Waals surface area (Å²) in [4.78, 5) is 26.6. The van der Waals surface area contributed by atoms with Crippen molar-refractivity contribution in [2.45, 2.75) is 12.3 Å². The number of hydrogen-bond acceptors (Lipinski definition) is 4. The molecule has 0 aromatic heterocycles. The second kappa shape index (κ2) is 8.92. The molecule has 0 spiro atoms. The van der Waals surface area contributed by atoms with Gasteiger partial charge in [0.2, 0.25) is 0 Å². The van der Waals surface area contributed by atoms with Gasteiger partial charge in [0.15, 0.2) is 0 Å². The molecule has 0 saturated carbocycles. The number of carboxylic acids is 1. The van der Waals surface area contributed by atoms with Crippen LogP contribution < -0.4 is 15.0 Å². The highest BCUT2D eigenvalue weighted by molar-refractivity contribution is 6.05. The van der Waals surface area contributed by atoms with Crippen LogP contribution in [-0.2, 0) is 0 Å². The average molecular weight is 416 g/mol. The van der Waals surface area contributed by atoms with Crippen molar-refractivity contribution in [3.05, 3.63) is 89.5 Å². The highest BCUT2D eigenvalue weighted by atomic mass is 16.5. The number of methoxy groups -OCH3 is 1. The third-order valence-corrected chi connectivity index (χ3v) is 5.64. The number of carbonyl (C=O) groups is 2. The van der Waals surface area contributed by atoms with Gasteiger partial charge in [0.1, 0.15) is 5.75 Å². The number of ether oxygens (including phenoxy) is 1. The second-order valence-corrected chi connectivity index (χ2v) is 7.56. The summed E-state index contributed by atoms with van der Waals surface area (Å²) in [6.07, 6.45) is 0.971. The summed E-state index contributed by atoms with van der Waals surface area (Å²) in [5, 5.41) is 12.6. The topological polar surface area (TPSA) is 78.9 Å². The Morgan fingerprint density at radius 2 is 1.77 bits per heavy atom. The molecule has 158 valence electrons. The quantitative estimate of drug-likeness (QED) is 0.612. The van der Waals surface area contributed by atoms with E-state index in [0.29, 0.717) is 28.6 Å². The number of carboxylic acid groups (broad SMARTS) is 1. The number of rotatable bonds is 6. The van der Waals surface area contributed by atoms with E-state index in [1.807, 2.05) is 18.2 Å². The van der Waals surface area contributed by atoms with Gasteiger partial charge >= 0.3 is 5.97 Å². The van der Waals surface area contributed by atoms with E-state index >= 15 is 0 Å². The lowest BCUT2D eigenvalue weighted by Crippen LogP contribution is -2.22. The molecule has 1 aliphatic heterocycles. The number of aromatic carboxylic acids is 1. The maximum absolute atomic E-state index is 12.5. The highest BCUT2D eigenvalue weighted by Gasteiger charge is 2.27. The van der Waals surface area contributed by atoms with Crippen molar-refractivity contribution in [2.75, 3.05) is 30.4 Å². The second-order valence-electron chi connectivity index (χ2n) is 7.56. The Kier molecular flexibility index (Phi) is 5.89. The summed E-state index contributed by atoms with van der Waals surface area (Å²) < 4.78 is 5.11. The predicted octanol–water partition coefficient (Wildman–Crippen LogP) is 4.64. The van der Waals surface area contributed by atoms with Crippen molar-refractivity contribution in [3.63, 3.8) is 0 Å². The molecule has 4 rings (SSSR count). The highest BCUT2D eigenvalue weighted by Crippen LogP contribution is 2.33. The summed E-state index contributed by atoms with van der Waals surface area (Å²) in [6.45, 7) is 1.55. The number of amides is 1. The van der Waals surface area contributed by atoms with Crippen LogP contribution in [0, 0.1) is 0 Å². The third kappa shape index (κ3) is 4.53. The lowest BCUT2D eigenvalue weighted by Gasteiger charge is -2.21. The van der Waals surface area contributed by atoms with E-state index in [2.05, 4.69) is 22.3 Å². The van der Waals surface area contributed by atoms with Crippen LogP contribution in [0.5, 0.6) is 5.75 Å². The van der Waals surface area contributed by atoms with Crippen LogP contribution in [0.25, 0.3) is 0 Å². The van der Waals surface area contributed by atoms with Gasteiger partial charge < -0.3 is 20.1 Å². The number of anilines is 2. The van der Waals surface area contributed by atoms with Gasteiger partial charge in [-0.15, -0.1) is 0 Å². The van der Waals surface area contributed by atoms with Gasteiger partial charge in [0, 0.05) is 30.3 Å². The number of hydrogen-bond donors (Lipinski definition) is 2. The van der Waals surface area contributed by atoms with Crippen LogP contribution in [0.2, 0.25) is 0 Å². The van der Waals surface area contributed by atoms with Gasteiger partial charge in [0.25, 0.3) is 5.91 Å². The Morgan fingerprint density at radius 1 is 1.03 bits per heavy atom. The van der Waals surface area contributed by atoms with Crippen molar-refractivity contribution in [3.8, 4) is 5.75 Å². The molecule has 6 nitrogen and oxygen atoms in total. The van der Waals surface area contributed by atoms with E-state index in [0.717, 1.165) is 19.5 Å². The molecule has 1 fully saturated rings. The SMILES string of the molecule is COc1ccc(C(=O)Nc2ccc(N3CC[C@@H](c4ccccc4)C3)c(C(=O)O)c2)cc1. The molecule has 0 aliphatic carbocycles. The number of benzene rings is 3. The fourth-order valence-electron chi connectivity index (χ4n) is 3.98. The molecular formula is C25H24N2O4. The van der Waals surface area contributed by atoms with Crippen LogP contribution in [0.4, 0.5) is 11.4 Å². The van der Waals surface area contributed by atoms with Crippen molar-refractivity contribution in [1.29, 1.82) is 0 Å². The van der Waals surface area contributed by atoms with Crippen molar-refractivity contribution in [2.24, 2.45) is 0 Å². The normalized spacial score (nSPS) is 15.5. The Balaban J connectivity index is 1.51. The van der Waals surface area contributed by atoms with Gasteiger partial charge in [-0.05, 0) is 54.4 Å². The average Bonchev–Trinajstić information content (AvgIpc) is 3.30. The minimum atomic E-state index is -1.02. The monoisotopic (exact) mass is 416 g/mol. The maximum Gasteiger partial charge on any atom is 0.337 e. The van der Waals surface area contributed by atoms with Crippen LogP contribution in [0.3, 0.4) is 0 Å².